The largest absolute Gasteiger partial charge is 0.433 e. The zero-order valence-electron chi connectivity index (χ0n) is 14.4. The summed E-state index contributed by atoms with van der Waals surface area (Å²) in [7, 11) is 0. The van der Waals surface area contributed by atoms with Crippen LogP contribution >= 0.6 is 0 Å². The summed E-state index contributed by atoms with van der Waals surface area (Å²) >= 11 is 0. The highest BCUT2D eigenvalue weighted by Gasteiger charge is 2.32. The van der Waals surface area contributed by atoms with Crippen molar-refractivity contribution in [3.8, 4) is 0 Å². The minimum atomic E-state index is -4.48. The molecule has 1 aliphatic rings. The van der Waals surface area contributed by atoms with Crippen molar-refractivity contribution in [3.63, 3.8) is 0 Å². The Kier molecular flexibility index (Phi) is 4.48. The molecule has 0 spiro atoms. The van der Waals surface area contributed by atoms with Gasteiger partial charge in [0, 0.05) is 11.6 Å². The van der Waals surface area contributed by atoms with E-state index in [1.165, 1.54) is 16.6 Å². The van der Waals surface area contributed by atoms with E-state index in [1.807, 2.05) is 12.3 Å². The fourth-order valence-corrected chi connectivity index (χ4v) is 3.45. The van der Waals surface area contributed by atoms with Gasteiger partial charge in [0.25, 0.3) is 0 Å². The smallest absolute Gasteiger partial charge is 0.346 e. The molecule has 9 heteroatoms. The van der Waals surface area contributed by atoms with Gasteiger partial charge in [-0.3, -0.25) is 5.01 Å². The molecule has 1 saturated heterocycles. The molecule has 0 unspecified atom stereocenters. The third-order valence-electron chi connectivity index (χ3n) is 4.90. The average Bonchev–Trinajstić information content (AvgIpc) is 3.11. The summed E-state index contributed by atoms with van der Waals surface area (Å²) in [4.78, 5) is 11.1. The number of piperidine rings is 1. The van der Waals surface area contributed by atoms with Crippen LogP contribution in [0.15, 0.2) is 36.7 Å². The Hall–Kier alpha value is -2.65. The van der Waals surface area contributed by atoms with Gasteiger partial charge in [-0.2, -0.15) is 13.2 Å². The highest BCUT2D eigenvalue weighted by Crippen LogP contribution is 2.33. The van der Waals surface area contributed by atoms with Gasteiger partial charge in [-0.05, 0) is 61.7 Å². The van der Waals surface area contributed by atoms with Gasteiger partial charge in [-0.1, -0.05) is 0 Å². The van der Waals surface area contributed by atoms with Gasteiger partial charge in [0.2, 0.25) is 0 Å². The van der Waals surface area contributed by atoms with Gasteiger partial charge in [0.05, 0.1) is 11.9 Å². The molecule has 6 nitrogen and oxygen atoms in total. The maximum Gasteiger partial charge on any atom is 0.433 e. The molecule has 0 atom stereocenters. The number of fused-ring (bicyclic) bond motifs is 1. The number of aromatic amines is 1. The molecule has 3 aromatic heterocycles. The molecule has 0 bridgehead atoms. The number of hydrogen-bond acceptors (Lipinski definition) is 5. The molecule has 4 heterocycles. The summed E-state index contributed by atoms with van der Waals surface area (Å²) in [5, 5.41) is 5.62. The van der Waals surface area contributed by atoms with Crippen molar-refractivity contribution in [1.82, 2.24) is 20.3 Å². The van der Waals surface area contributed by atoms with Crippen molar-refractivity contribution in [1.29, 1.82) is 0 Å². The monoisotopic (exact) mass is 376 g/mol. The van der Waals surface area contributed by atoms with E-state index in [4.69, 9.17) is 5.84 Å². The molecule has 0 amide bonds. The third-order valence-corrected chi connectivity index (χ3v) is 4.90. The standard InChI is InChI=1S/C18H19F3N6/c19-18(20,21)15-3-1-12(9-24-15)27(22)16-4-2-13-14(10-25-17(13)26-16)11-5-7-23-8-6-11/h1-4,9-11,23H,5-8,22H2,(H,25,26). The van der Waals surface area contributed by atoms with Crippen LogP contribution in [0.2, 0.25) is 0 Å². The van der Waals surface area contributed by atoms with E-state index in [0.717, 1.165) is 43.6 Å². The van der Waals surface area contributed by atoms with Gasteiger partial charge in [-0.25, -0.2) is 15.8 Å². The Morgan fingerprint density at radius 3 is 2.56 bits per heavy atom. The van der Waals surface area contributed by atoms with E-state index in [2.05, 4.69) is 20.3 Å². The van der Waals surface area contributed by atoms with Crippen molar-refractivity contribution in [2.75, 3.05) is 18.1 Å². The molecule has 4 rings (SSSR count). The summed E-state index contributed by atoms with van der Waals surface area (Å²) in [5.41, 5.74) is 1.31. The fourth-order valence-electron chi connectivity index (χ4n) is 3.45. The van der Waals surface area contributed by atoms with E-state index >= 15 is 0 Å². The normalized spacial score (nSPS) is 16.0. The van der Waals surface area contributed by atoms with Gasteiger partial charge in [0.15, 0.2) is 0 Å². The highest BCUT2D eigenvalue weighted by molar-refractivity contribution is 5.82. The van der Waals surface area contributed by atoms with Crippen molar-refractivity contribution < 1.29 is 13.2 Å². The Morgan fingerprint density at radius 1 is 1.11 bits per heavy atom. The van der Waals surface area contributed by atoms with E-state index in [1.54, 1.807) is 6.07 Å². The number of nitrogens with zero attached hydrogens (tertiary/aromatic N) is 3. The first kappa shape index (κ1) is 17.7. The van der Waals surface area contributed by atoms with Crippen LogP contribution in [0.5, 0.6) is 0 Å². The van der Waals surface area contributed by atoms with Crippen LogP contribution < -0.4 is 16.2 Å². The molecule has 27 heavy (non-hydrogen) atoms. The van der Waals surface area contributed by atoms with Crippen LogP contribution in [0, 0.1) is 0 Å². The Bertz CT molecular complexity index is 928. The van der Waals surface area contributed by atoms with Crippen LogP contribution in [-0.4, -0.2) is 28.0 Å². The van der Waals surface area contributed by atoms with E-state index < -0.39 is 11.9 Å². The number of hydrogen-bond donors (Lipinski definition) is 3. The fraction of sp³-hybridized carbons (Fsp3) is 0.333. The maximum absolute atomic E-state index is 12.6. The average molecular weight is 376 g/mol. The number of nitrogens with two attached hydrogens (primary N) is 1. The Balaban J connectivity index is 1.60. The van der Waals surface area contributed by atoms with Crippen molar-refractivity contribution in [2.45, 2.75) is 24.9 Å². The zero-order chi connectivity index (χ0) is 19.0. The molecule has 0 saturated carbocycles. The summed E-state index contributed by atoms with van der Waals surface area (Å²) in [6, 6.07) is 5.88. The van der Waals surface area contributed by atoms with Crippen LogP contribution in [-0.2, 0) is 6.18 Å². The molecule has 3 aromatic rings. The van der Waals surface area contributed by atoms with Crippen molar-refractivity contribution in [3.05, 3.63) is 47.9 Å². The minimum Gasteiger partial charge on any atom is -0.346 e. The number of halogens is 3. The van der Waals surface area contributed by atoms with Gasteiger partial charge < -0.3 is 10.3 Å². The van der Waals surface area contributed by atoms with Crippen LogP contribution in [0.25, 0.3) is 11.0 Å². The summed E-state index contributed by atoms with van der Waals surface area (Å²) in [6.07, 6.45) is 0.746. The van der Waals surface area contributed by atoms with Gasteiger partial charge in [0.1, 0.15) is 17.2 Å². The second kappa shape index (κ2) is 6.82. The lowest BCUT2D eigenvalue weighted by atomic mass is 9.90. The molecule has 1 fully saturated rings. The van der Waals surface area contributed by atoms with E-state index in [0.29, 0.717) is 23.1 Å². The molecule has 0 radical (unpaired) electrons. The van der Waals surface area contributed by atoms with Crippen LogP contribution in [0.3, 0.4) is 0 Å². The summed E-state index contributed by atoms with van der Waals surface area (Å²) in [6.45, 7) is 2.00. The molecule has 0 aliphatic carbocycles. The highest BCUT2D eigenvalue weighted by atomic mass is 19.4. The van der Waals surface area contributed by atoms with Gasteiger partial charge >= 0.3 is 6.18 Å². The lowest BCUT2D eigenvalue weighted by molar-refractivity contribution is -0.141. The second-order valence-corrected chi connectivity index (χ2v) is 6.60. The zero-order valence-corrected chi connectivity index (χ0v) is 14.4. The summed E-state index contributed by atoms with van der Waals surface area (Å²) in [5.74, 6) is 6.95. The molecule has 4 N–H and O–H groups in total. The lowest BCUT2D eigenvalue weighted by Crippen LogP contribution is -2.26. The lowest BCUT2D eigenvalue weighted by Gasteiger charge is -2.22. The topological polar surface area (TPSA) is 82.9 Å². The number of nitrogens with one attached hydrogen (secondary N) is 2. The van der Waals surface area contributed by atoms with Crippen molar-refractivity contribution >= 4 is 22.5 Å². The molecular formula is C18H19F3N6. The molecule has 1 aliphatic heterocycles. The second-order valence-electron chi connectivity index (χ2n) is 6.60. The number of alkyl halides is 3. The predicted molar refractivity (Wildman–Crippen MR) is 96.5 cm³/mol. The summed E-state index contributed by atoms with van der Waals surface area (Å²) < 4.78 is 37.9. The number of anilines is 2. The minimum absolute atomic E-state index is 0.319. The number of hydrazine groups is 1. The first-order valence-corrected chi connectivity index (χ1v) is 8.70. The van der Waals surface area contributed by atoms with Gasteiger partial charge in [-0.15, -0.1) is 0 Å². The Labute approximate surface area is 153 Å². The van der Waals surface area contributed by atoms with E-state index in [-0.39, 0.29) is 0 Å². The Morgan fingerprint density at radius 2 is 1.89 bits per heavy atom. The SMILES string of the molecule is NN(c1ccc(C(F)(F)F)nc1)c1ccc2c(C3CCNCC3)c[nH]c2n1. The van der Waals surface area contributed by atoms with Crippen molar-refractivity contribution in [2.24, 2.45) is 5.84 Å². The number of aromatic nitrogens is 3. The number of rotatable bonds is 3. The molecular weight excluding hydrogens is 357 g/mol. The van der Waals surface area contributed by atoms with E-state index in [9.17, 15) is 13.2 Å². The predicted octanol–water partition coefficient (Wildman–Crippen LogP) is 3.46. The third kappa shape index (κ3) is 3.47. The molecule has 0 aromatic carbocycles. The van der Waals surface area contributed by atoms with Crippen LogP contribution in [0.1, 0.15) is 30.0 Å². The maximum atomic E-state index is 12.6. The first-order valence-electron chi connectivity index (χ1n) is 8.70. The quantitative estimate of drug-likeness (QED) is 0.482. The number of pyridine rings is 2. The molecule has 142 valence electrons. The van der Waals surface area contributed by atoms with Crippen LogP contribution in [0.4, 0.5) is 24.7 Å². The number of H-pyrrole nitrogens is 1. The first-order chi connectivity index (χ1) is 12.9.